The molecule has 136 valence electrons. The zero-order valence-electron chi connectivity index (χ0n) is 15.0. The molecule has 7 heteroatoms. The van der Waals surface area contributed by atoms with E-state index in [1.54, 1.807) is 62.1 Å². The molecule has 0 aliphatic carbocycles. The van der Waals surface area contributed by atoms with Crippen LogP contribution in [-0.4, -0.2) is 29.1 Å². The van der Waals surface area contributed by atoms with E-state index in [2.05, 4.69) is 4.98 Å². The van der Waals surface area contributed by atoms with E-state index in [9.17, 15) is 9.59 Å². The van der Waals surface area contributed by atoms with Crippen molar-refractivity contribution in [2.45, 2.75) is 32.9 Å². The van der Waals surface area contributed by atoms with Crippen molar-refractivity contribution in [3.63, 3.8) is 0 Å². The maximum Gasteiger partial charge on any atom is 0.338 e. The molecule has 1 amide bonds. The zero-order valence-corrected chi connectivity index (χ0v) is 15.0. The third-order valence-corrected chi connectivity index (χ3v) is 4.05. The van der Waals surface area contributed by atoms with Crippen molar-refractivity contribution < 1.29 is 19.1 Å². The van der Waals surface area contributed by atoms with Gasteiger partial charge >= 0.3 is 5.97 Å². The number of nitrogen functional groups attached to an aromatic ring is 1. The second kappa shape index (κ2) is 6.67. The van der Waals surface area contributed by atoms with Gasteiger partial charge in [-0.25, -0.2) is 9.78 Å². The SMILES string of the molecule is CCOC(=O)c1ccc(CN2C(=O)C(C)(C)Oc3ccc(N)nc32)cc1. The van der Waals surface area contributed by atoms with E-state index in [4.69, 9.17) is 15.2 Å². The van der Waals surface area contributed by atoms with Gasteiger partial charge < -0.3 is 15.2 Å². The minimum absolute atomic E-state index is 0.211. The van der Waals surface area contributed by atoms with Crippen molar-refractivity contribution >= 4 is 23.5 Å². The van der Waals surface area contributed by atoms with Gasteiger partial charge in [0.15, 0.2) is 17.2 Å². The smallest absolute Gasteiger partial charge is 0.338 e. The first-order chi connectivity index (χ1) is 12.3. The Kier molecular flexibility index (Phi) is 4.54. The number of nitrogens with two attached hydrogens (primary N) is 1. The van der Waals surface area contributed by atoms with E-state index in [1.807, 2.05) is 0 Å². The van der Waals surface area contributed by atoms with Crippen molar-refractivity contribution in [3.8, 4) is 5.75 Å². The molecule has 2 N–H and O–H groups in total. The molecule has 0 fully saturated rings. The second-order valence-electron chi connectivity index (χ2n) is 6.48. The Morgan fingerprint density at radius 1 is 1.23 bits per heavy atom. The standard InChI is InChI=1S/C19H21N3O4/c1-4-25-17(23)13-7-5-12(6-8-13)11-22-16-14(9-10-15(20)21-16)26-19(2,3)18(22)24/h5-10H,4,11H2,1-3H3,(H2,20,21). The Labute approximate surface area is 151 Å². The van der Waals surface area contributed by atoms with Gasteiger partial charge in [0.2, 0.25) is 0 Å². The lowest BCUT2D eigenvalue weighted by Gasteiger charge is -2.38. The van der Waals surface area contributed by atoms with Crippen molar-refractivity contribution in [2.75, 3.05) is 17.2 Å². The number of pyridine rings is 1. The summed E-state index contributed by atoms with van der Waals surface area (Å²) in [5, 5.41) is 0. The fraction of sp³-hybridized carbons (Fsp3) is 0.316. The van der Waals surface area contributed by atoms with Gasteiger partial charge in [0, 0.05) is 0 Å². The van der Waals surface area contributed by atoms with E-state index in [0.717, 1.165) is 5.56 Å². The van der Waals surface area contributed by atoms with Crippen molar-refractivity contribution in [3.05, 3.63) is 47.5 Å². The first-order valence-corrected chi connectivity index (χ1v) is 8.35. The number of fused-ring (bicyclic) bond motifs is 1. The van der Waals surface area contributed by atoms with Crippen LogP contribution >= 0.6 is 0 Å². The van der Waals surface area contributed by atoms with Crippen LogP contribution in [0.25, 0.3) is 0 Å². The largest absolute Gasteiger partial charge is 0.474 e. The average Bonchev–Trinajstić information content (AvgIpc) is 2.60. The molecule has 1 aliphatic heterocycles. The van der Waals surface area contributed by atoms with E-state index < -0.39 is 5.60 Å². The van der Waals surface area contributed by atoms with Crippen LogP contribution in [0.2, 0.25) is 0 Å². The Morgan fingerprint density at radius 2 is 1.92 bits per heavy atom. The number of esters is 1. The van der Waals surface area contributed by atoms with Crippen molar-refractivity contribution in [2.24, 2.45) is 0 Å². The normalized spacial score (nSPS) is 15.2. The molecule has 0 atom stereocenters. The predicted molar refractivity (Wildman–Crippen MR) is 96.9 cm³/mol. The summed E-state index contributed by atoms with van der Waals surface area (Å²) in [5.41, 5.74) is 6.08. The third-order valence-electron chi connectivity index (χ3n) is 4.05. The highest BCUT2D eigenvalue weighted by molar-refractivity contribution is 6.01. The first-order valence-electron chi connectivity index (χ1n) is 8.35. The number of benzene rings is 1. The summed E-state index contributed by atoms with van der Waals surface area (Å²) >= 11 is 0. The molecule has 3 rings (SSSR count). The van der Waals surface area contributed by atoms with E-state index >= 15 is 0 Å². The number of ether oxygens (including phenoxy) is 2. The number of carbonyl (C=O) groups excluding carboxylic acids is 2. The van der Waals surface area contributed by atoms with Crippen LogP contribution in [0.15, 0.2) is 36.4 Å². The highest BCUT2D eigenvalue weighted by atomic mass is 16.5. The van der Waals surface area contributed by atoms with Crippen LogP contribution in [0.1, 0.15) is 36.7 Å². The molecule has 0 saturated carbocycles. The Morgan fingerprint density at radius 3 is 2.58 bits per heavy atom. The molecule has 26 heavy (non-hydrogen) atoms. The number of amides is 1. The second-order valence-corrected chi connectivity index (χ2v) is 6.48. The highest BCUT2D eigenvalue weighted by Crippen LogP contribution is 2.37. The van der Waals surface area contributed by atoms with Crippen molar-refractivity contribution in [1.82, 2.24) is 4.98 Å². The van der Waals surface area contributed by atoms with Gasteiger partial charge in [0.25, 0.3) is 5.91 Å². The number of carbonyl (C=O) groups is 2. The number of nitrogens with zero attached hydrogens (tertiary/aromatic N) is 2. The van der Waals surface area contributed by atoms with Crippen LogP contribution in [0.3, 0.4) is 0 Å². The average molecular weight is 355 g/mol. The summed E-state index contributed by atoms with van der Waals surface area (Å²) < 4.78 is 10.7. The Hall–Kier alpha value is -3.09. The summed E-state index contributed by atoms with van der Waals surface area (Å²) in [6, 6.07) is 10.3. The lowest BCUT2D eigenvalue weighted by molar-refractivity contribution is -0.132. The molecule has 0 bridgehead atoms. The number of rotatable bonds is 4. The minimum atomic E-state index is -1.00. The van der Waals surface area contributed by atoms with E-state index in [0.29, 0.717) is 29.6 Å². The van der Waals surface area contributed by atoms with Crippen molar-refractivity contribution in [1.29, 1.82) is 0 Å². The van der Waals surface area contributed by atoms with Gasteiger partial charge in [-0.1, -0.05) is 12.1 Å². The molecule has 0 radical (unpaired) electrons. The summed E-state index contributed by atoms with van der Waals surface area (Å²) in [6.45, 7) is 5.80. The quantitative estimate of drug-likeness (QED) is 0.847. The third kappa shape index (κ3) is 3.33. The maximum absolute atomic E-state index is 12.8. The van der Waals surface area contributed by atoms with Gasteiger partial charge in [-0.3, -0.25) is 9.69 Å². The fourth-order valence-corrected chi connectivity index (χ4v) is 2.75. The van der Waals surface area contributed by atoms with Crippen LogP contribution in [0.5, 0.6) is 5.75 Å². The van der Waals surface area contributed by atoms with Gasteiger partial charge in [-0.2, -0.15) is 0 Å². The molecule has 2 aromatic rings. The molecule has 1 aliphatic rings. The molecular weight excluding hydrogens is 334 g/mol. The number of hydrogen-bond donors (Lipinski definition) is 1. The van der Waals surface area contributed by atoms with Crippen LogP contribution in [-0.2, 0) is 16.1 Å². The van der Waals surface area contributed by atoms with E-state index in [1.165, 1.54) is 0 Å². The number of aromatic nitrogens is 1. The summed E-state index contributed by atoms with van der Waals surface area (Å²) in [5.74, 6) is 0.623. The lowest BCUT2D eigenvalue weighted by Crippen LogP contribution is -2.52. The predicted octanol–water partition coefficient (Wildman–Crippen LogP) is 2.54. The molecule has 2 heterocycles. The summed E-state index contributed by atoms with van der Waals surface area (Å²) in [6.07, 6.45) is 0. The Bertz CT molecular complexity index is 846. The fourth-order valence-electron chi connectivity index (χ4n) is 2.75. The van der Waals surface area contributed by atoms with Gasteiger partial charge in [0.05, 0.1) is 18.7 Å². The lowest BCUT2D eigenvalue weighted by atomic mass is 10.0. The minimum Gasteiger partial charge on any atom is -0.474 e. The summed E-state index contributed by atoms with van der Waals surface area (Å²) in [7, 11) is 0. The molecule has 0 spiro atoms. The van der Waals surface area contributed by atoms with Crippen LogP contribution < -0.4 is 15.4 Å². The molecule has 0 saturated heterocycles. The topological polar surface area (TPSA) is 94.8 Å². The number of hydrogen-bond acceptors (Lipinski definition) is 6. The highest BCUT2D eigenvalue weighted by Gasteiger charge is 2.41. The zero-order chi connectivity index (χ0) is 18.9. The van der Waals surface area contributed by atoms with Crippen LogP contribution in [0, 0.1) is 0 Å². The van der Waals surface area contributed by atoms with Gasteiger partial charge in [-0.05, 0) is 50.6 Å². The van der Waals surface area contributed by atoms with E-state index in [-0.39, 0.29) is 18.4 Å². The monoisotopic (exact) mass is 355 g/mol. The first kappa shape index (κ1) is 17.7. The number of anilines is 2. The molecular formula is C19H21N3O4. The maximum atomic E-state index is 12.8. The van der Waals surface area contributed by atoms with Crippen LogP contribution in [0.4, 0.5) is 11.6 Å². The molecule has 1 aromatic carbocycles. The van der Waals surface area contributed by atoms with Gasteiger partial charge in [-0.15, -0.1) is 0 Å². The Balaban J connectivity index is 1.90. The molecule has 0 unspecified atom stereocenters. The van der Waals surface area contributed by atoms with Gasteiger partial charge in [0.1, 0.15) is 5.82 Å². The summed E-state index contributed by atoms with van der Waals surface area (Å²) in [4.78, 5) is 30.4. The molecule has 7 nitrogen and oxygen atoms in total. The molecule has 1 aromatic heterocycles.